The number of hydrogen-bond donors (Lipinski definition) is 2. The molecule has 110 valence electrons. The number of anilines is 1. The van der Waals surface area contributed by atoms with E-state index in [1.54, 1.807) is 25.1 Å². The first-order valence-electron chi connectivity index (χ1n) is 6.09. The highest BCUT2D eigenvalue weighted by molar-refractivity contribution is 9.10. The van der Waals surface area contributed by atoms with Crippen LogP contribution in [0.15, 0.2) is 22.7 Å². The molecule has 0 heterocycles. The highest BCUT2D eigenvalue weighted by Gasteiger charge is 2.22. The summed E-state index contributed by atoms with van der Waals surface area (Å²) in [6.07, 6.45) is 0.660. The maximum Gasteiger partial charge on any atom is 0.323 e. The van der Waals surface area contributed by atoms with Gasteiger partial charge in [-0.1, -0.05) is 34.5 Å². The Morgan fingerprint density at radius 2 is 2.15 bits per heavy atom. The summed E-state index contributed by atoms with van der Waals surface area (Å²) in [6.45, 7) is 3.33. The van der Waals surface area contributed by atoms with Crippen molar-refractivity contribution in [2.75, 3.05) is 11.9 Å². The Labute approximate surface area is 131 Å². The number of aliphatic carboxylic acids is 1. The van der Waals surface area contributed by atoms with Crippen LogP contribution in [0.1, 0.15) is 20.3 Å². The summed E-state index contributed by atoms with van der Waals surface area (Å²) >= 11 is 9.28. The van der Waals surface area contributed by atoms with Crippen LogP contribution in [0, 0.1) is 0 Å². The third kappa shape index (κ3) is 4.68. The minimum Gasteiger partial charge on any atom is -0.480 e. The van der Waals surface area contributed by atoms with Gasteiger partial charge in [0.25, 0.3) is 0 Å². The predicted octanol–water partition coefficient (Wildman–Crippen LogP) is 3.82. The molecule has 1 aromatic carbocycles. The van der Waals surface area contributed by atoms with Gasteiger partial charge in [-0.05, 0) is 31.5 Å². The van der Waals surface area contributed by atoms with E-state index in [9.17, 15) is 9.59 Å². The number of carbonyl (C=O) groups excluding carboxylic acids is 1. The summed E-state index contributed by atoms with van der Waals surface area (Å²) in [4.78, 5) is 24.3. The largest absolute Gasteiger partial charge is 0.480 e. The zero-order valence-electron chi connectivity index (χ0n) is 11.2. The van der Waals surface area contributed by atoms with Gasteiger partial charge >= 0.3 is 12.0 Å². The third-order valence-electron chi connectivity index (χ3n) is 2.86. The van der Waals surface area contributed by atoms with Crippen LogP contribution in [0.5, 0.6) is 0 Å². The number of rotatable bonds is 5. The van der Waals surface area contributed by atoms with E-state index in [0.717, 1.165) is 4.47 Å². The fraction of sp³-hybridized carbons (Fsp3) is 0.385. The molecule has 0 radical (unpaired) electrons. The molecule has 2 amide bonds. The van der Waals surface area contributed by atoms with Gasteiger partial charge in [0.2, 0.25) is 0 Å². The Balaban J connectivity index is 2.90. The Bertz CT molecular complexity index is 510. The Hall–Kier alpha value is -1.27. The second kappa shape index (κ2) is 7.50. The summed E-state index contributed by atoms with van der Waals surface area (Å²) in [6, 6.07) is 4.39. The fourth-order valence-electron chi connectivity index (χ4n) is 1.57. The van der Waals surface area contributed by atoms with Crippen LogP contribution < -0.4 is 5.32 Å². The molecule has 2 N–H and O–H groups in total. The molecule has 20 heavy (non-hydrogen) atoms. The molecule has 0 aliphatic heterocycles. The first-order valence-corrected chi connectivity index (χ1v) is 7.26. The molecular weight excluding hydrogens is 348 g/mol. The Kier molecular flexibility index (Phi) is 6.29. The van der Waals surface area contributed by atoms with Crippen molar-refractivity contribution in [1.29, 1.82) is 0 Å². The summed E-state index contributed by atoms with van der Waals surface area (Å²) < 4.78 is 0.769. The topological polar surface area (TPSA) is 69.6 Å². The van der Waals surface area contributed by atoms with Crippen LogP contribution in [0.25, 0.3) is 0 Å². The van der Waals surface area contributed by atoms with Crippen LogP contribution in [0.4, 0.5) is 10.5 Å². The number of carbonyl (C=O) groups is 2. The number of amides is 2. The molecule has 0 bridgehead atoms. The van der Waals surface area contributed by atoms with Gasteiger partial charge in [-0.2, -0.15) is 0 Å². The van der Waals surface area contributed by atoms with Gasteiger partial charge < -0.3 is 15.3 Å². The van der Waals surface area contributed by atoms with Crippen molar-refractivity contribution in [3.8, 4) is 0 Å². The van der Waals surface area contributed by atoms with E-state index in [1.807, 2.05) is 6.92 Å². The first kappa shape index (κ1) is 16.8. The minimum absolute atomic E-state index is 0.183. The molecular formula is C13H16BrClN2O3. The van der Waals surface area contributed by atoms with Gasteiger partial charge in [0.15, 0.2) is 0 Å². The quantitative estimate of drug-likeness (QED) is 0.835. The van der Waals surface area contributed by atoms with Crippen molar-refractivity contribution in [2.24, 2.45) is 0 Å². The molecule has 0 aliphatic carbocycles. The van der Waals surface area contributed by atoms with Crippen molar-refractivity contribution in [3.63, 3.8) is 0 Å². The number of nitrogens with zero attached hydrogens (tertiary/aromatic N) is 1. The van der Waals surface area contributed by atoms with Crippen LogP contribution in [0.3, 0.4) is 0 Å². The van der Waals surface area contributed by atoms with E-state index in [0.29, 0.717) is 17.1 Å². The van der Waals surface area contributed by atoms with E-state index in [1.165, 1.54) is 4.90 Å². The van der Waals surface area contributed by atoms with Gasteiger partial charge in [-0.25, -0.2) is 4.79 Å². The maximum atomic E-state index is 12.2. The Morgan fingerprint density at radius 1 is 1.50 bits per heavy atom. The summed E-state index contributed by atoms with van der Waals surface area (Å²) in [7, 11) is 0. The second-order valence-corrected chi connectivity index (χ2v) is 5.66. The van der Waals surface area contributed by atoms with Gasteiger partial charge in [-0.15, -0.1) is 0 Å². The number of benzene rings is 1. The lowest BCUT2D eigenvalue weighted by molar-refractivity contribution is -0.138. The SMILES string of the molecule is CCC(C)N(CC(=O)O)C(=O)Nc1cc(Br)ccc1Cl. The summed E-state index contributed by atoms with van der Waals surface area (Å²) in [5.74, 6) is -1.05. The zero-order chi connectivity index (χ0) is 15.3. The van der Waals surface area contributed by atoms with E-state index in [4.69, 9.17) is 16.7 Å². The van der Waals surface area contributed by atoms with Crippen molar-refractivity contribution in [1.82, 2.24) is 4.90 Å². The average Bonchev–Trinajstić information content (AvgIpc) is 2.39. The molecule has 0 aromatic heterocycles. The molecule has 0 saturated carbocycles. The molecule has 7 heteroatoms. The van der Waals surface area contributed by atoms with Gasteiger partial charge in [0.05, 0.1) is 10.7 Å². The van der Waals surface area contributed by atoms with E-state index in [2.05, 4.69) is 21.2 Å². The smallest absolute Gasteiger partial charge is 0.323 e. The van der Waals surface area contributed by atoms with E-state index in [-0.39, 0.29) is 12.6 Å². The van der Waals surface area contributed by atoms with Crippen LogP contribution in [-0.4, -0.2) is 34.6 Å². The van der Waals surface area contributed by atoms with Crippen molar-refractivity contribution in [3.05, 3.63) is 27.7 Å². The van der Waals surface area contributed by atoms with Crippen molar-refractivity contribution in [2.45, 2.75) is 26.3 Å². The van der Waals surface area contributed by atoms with Crippen molar-refractivity contribution < 1.29 is 14.7 Å². The van der Waals surface area contributed by atoms with Crippen molar-refractivity contribution >= 4 is 45.2 Å². The van der Waals surface area contributed by atoms with E-state index < -0.39 is 12.0 Å². The molecule has 1 atom stereocenters. The highest BCUT2D eigenvalue weighted by Crippen LogP contribution is 2.26. The summed E-state index contributed by atoms with van der Waals surface area (Å²) in [5.41, 5.74) is 0.435. The molecule has 5 nitrogen and oxygen atoms in total. The third-order valence-corrected chi connectivity index (χ3v) is 3.68. The second-order valence-electron chi connectivity index (χ2n) is 4.33. The standard InChI is InChI=1S/C13H16BrClN2O3/c1-3-8(2)17(7-12(18)19)13(20)16-11-6-9(14)4-5-10(11)15/h4-6,8H,3,7H2,1-2H3,(H,16,20)(H,18,19). The number of carboxylic acid groups (broad SMARTS) is 1. The summed E-state index contributed by atoms with van der Waals surface area (Å²) in [5, 5.41) is 11.9. The lowest BCUT2D eigenvalue weighted by atomic mass is 10.2. The Morgan fingerprint density at radius 3 is 2.70 bits per heavy atom. The monoisotopic (exact) mass is 362 g/mol. The maximum absolute atomic E-state index is 12.2. The highest BCUT2D eigenvalue weighted by atomic mass is 79.9. The van der Waals surface area contributed by atoms with Crippen LogP contribution >= 0.6 is 27.5 Å². The molecule has 1 aromatic rings. The molecule has 0 saturated heterocycles. The number of carboxylic acids is 1. The number of nitrogens with one attached hydrogen (secondary N) is 1. The fourth-order valence-corrected chi connectivity index (χ4v) is 2.10. The number of hydrogen-bond acceptors (Lipinski definition) is 2. The normalized spacial score (nSPS) is 11.8. The zero-order valence-corrected chi connectivity index (χ0v) is 13.5. The number of urea groups is 1. The molecule has 0 fully saturated rings. The average molecular weight is 364 g/mol. The number of halogens is 2. The lowest BCUT2D eigenvalue weighted by Gasteiger charge is -2.27. The van der Waals surface area contributed by atoms with Crippen LogP contribution in [0.2, 0.25) is 5.02 Å². The van der Waals surface area contributed by atoms with Crippen LogP contribution in [-0.2, 0) is 4.79 Å². The first-order chi connectivity index (χ1) is 9.35. The predicted molar refractivity (Wildman–Crippen MR) is 82.3 cm³/mol. The van der Waals surface area contributed by atoms with Gasteiger partial charge in [0, 0.05) is 10.5 Å². The molecule has 0 aliphatic rings. The van der Waals surface area contributed by atoms with Gasteiger partial charge in [0.1, 0.15) is 6.54 Å². The molecule has 1 unspecified atom stereocenters. The van der Waals surface area contributed by atoms with Gasteiger partial charge in [-0.3, -0.25) is 4.79 Å². The lowest BCUT2D eigenvalue weighted by Crippen LogP contribution is -2.44. The van der Waals surface area contributed by atoms with E-state index >= 15 is 0 Å². The molecule has 1 rings (SSSR count). The minimum atomic E-state index is -1.05. The molecule has 0 spiro atoms.